The van der Waals surface area contributed by atoms with Gasteiger partial charge in [0.15, 0.2) is 0 Å². The topological polar surface area (TPSA) is 50.9 Å². The minimum absolute atomic E-state index is 0.0796. The molecule has 0 spiro atoms. The fraction of sp³-hybridized carbons (Fsp3) is 0.267. The van der Waals surface area contributed by atoms with Crippen molar-refractivity contribution in [2.45, 2.75) is 26.3 Å². The van der Waals surface area contributed by atoms with Gasteiger partial charge in [0.05, 0.1) is 11.7 Å². The largest absolute Gasteiger partial charge is 0.271 e. The van der Waals surface area contributed by atoms with E-state index in [1.165, 1.54) is 12.1 Å². The Morgan fingerprint density at radius 3 is 2.68 bits per heavy atom. The molecule has 1 heterocycles. The van der Waals surface area contributed by atoms with Crippen LogP contribution in [0.15, 0.2) is 36.5 Å². The van der Waals surface area contributed by atoms with Crippen LogP contribution in [-0.2, 0) is 6.42 Å². The van der Waals surface area contributed by atoms with Crippen molar-refractivity contribution in [1.29, 1.82) is 0 Å². The highest BCUT2D eigenvalue weighted by atomic mass is 19.1. The highest BCUT2D eigenvalue weighted by Crippen LogP contribution is 2.19. The number of hydrazine groups is 1. The number of benzene rings is 1. The number of pyridine rings is 1. The first-order valence-electron chi connectivity index (χ1n) is 6.24. The number of aromatic nitrogens is 1. The van der Waals surface area contributed by atoms with E-state index in [1.54, 1.807) is 12.3 Å². The maximum atomic E-state index is 13.1. The molecule has 19 heavy (non-hydrogen) atoms. The molecule has 0 saturated carbocycles. The van der Waals surface area contributed by atoms with Crippen LogP contribution in [-0.4, -0.2) is 4.98 Å². The van der Waals surface area contributed by atoms with E-state index in [0.29, 0.717) is 6.42 Å². The Morgan fingerprint density at radius 1 is 1.26 bits per heavy atom. The minimum atomic E-state index is -0.216. The lowest BCUT2D eigenvalue weighted by molar-refractivity contribution is 0.536. The Hall–Kier alpha value is -1.78. The summed E-state index contributed by atoms with van der Waals surface area (Å²) in [5.41, 5.74) is 6.80. The van der Waals surface area contributed by atoms with Gasteiger partial charge in [-0.15, -0.1) is 0 Å². The summed E-state index contributed by atoms with van der Waals surface area (Å²) in [6, 6.07) is 8.67. The molecule has 3 N–H and O–H groups in total. The standard InChI is InChI=1S/C15H18FN3/c1-10-5-6-18-14(7-10)15(19-17)9-12-3-4-13(16)8-11(12)2/h3-8,15,19H,9,17H2,1-2H3. The quantitative estimate of drug-likeness (QED) is 0.655. The third-order valence-corrected chi connectivity index (χ3v) is 3.22. The lowest BCUT2D eigenvalue weighted by Crippen LogP contribution is -2.30. The summed E-state index contributed by atoms with van der Waals surface area (Å²) in [5.74, 6) is 5.40. The average Bonchev–Trinajstić information content (AvgIpc) is 2.38. The monoisotopic (exact) mass is 259 g/mol. The molecule has 3 nitrogen and oxygen atoms in total. The van der Waals surface area contributed by atoms with Crippen LogP contribution in [0, 0.1) is 19.7 Å². The summed E-state index contributed by atoms with van der Waals surface area (Å²) >= 11 is 0. The van der Waals surface area contributed by atoms with Crippen molar-refractivity contribution < 1.29 is 4.39 Å². The molecule has 0 aliphatic rings. The van der Waals surface area contributed by atoms with Gasteiger partial charge in [-0.3, -0.25) is 16.3 Å². The first-order valence-corrected chi connectivity index (χ1v) is 6.24. The van der Waals surface area contributed by atoms with E-state index in [1.807, 2.05) is 26.0 Å². The van der Waals surface area contributed by atoms with Gasteiger partial charge in [-0.1, -0.05) is 6.07 Å². The van der Waals surface area contributed by atoms with E-state index in [0.717, 1.165) is 22.4 Å². The van der Waals surface area contributed by atoms with Crippen LogP contribution in [0.3, 0.4) is 0 Å². The van der Waals surface area contributed by atoms with E-state index in [4.69, 9.17) is 5.84 Å². The predicted octanol–water partition coefficient (Wildman–Crippen LogP) is 2.58. The highest BCUT2D eigenvalue weighted by Gasteiger charge is 2.13. The summed E-state index contributed by atoms with van der Waals surface area (Å²) < 4.78 is 13.1. The van der Waals surface area contributed by atoms with Crippen LogP contribution in [0.4, 0.5) is 4.39 Å². The molecule has 1 unspecified atom stereocenters. The zero-order valence-corrected chi connectivity index (χ0v) is 11.2. The molecule has 0 aliphatic heterocycles. The molecule has 0 bridgehead atoms. The van der Waals surface area contributed by atoms with Crippen LogP contribution in [0.25, 0.3) is 0 Å². The summed E-state index contributed by atoms with van der Waals surface area (Å²) in [4.78, 5) is 4.34. The maximum Gasteiger partial charge on any atom is 0.123 e. The number of hydrogen-bond donors (Lipinski definition) is 2. The maximum absolute atomic E-state index is 13.1. The first-order chi connectivity index (χ1) is 9.10. The van der Waals surface area contributed by atoms with Crippen molar-refractivity contribution in [1.82, 2.24) is 10.4 Å². The Bertz CT molecular complexity index is 569. The SMILES string of the molecule is Cc1ccnc(C(Cc2ccc(F)cc2C)NN)c1. The number of hydrogen-bond acceptors (Lipinski definition) is 3. The second kappa shape index (κ2) is 5.91. The van der Waals surface area contributed by atoms with Gasteiger partial charge in [-0.05, 0) is 61.2 Å². The molecular weight excluding hydrogens is 241 g/mol. The Kier molecular flexibility index (Phi) is 4.24. The molecule has 0 fully saturated rings. The van der Waals surface area contributed by atoms with Crippen LogP contribution in [0.2, 0.25) is 0 Å². The molecule has 100 valence electrons. The normalized spacial score (nSPS) is 12.4. The van der Waals surface area contributed by atoms with E-state index in [2.05, 4.69) is 10.4 Å². The van der Waals surface area contributed by atoms with Gasteiger partial charge in [0.25, 0.3) is 0 Å². The van der Waals surface area contributed by atoms with Crippen molar-refractivity contribution in [2.24, 2.45) is 5.84 Å². The van der Waals surface area contributed by atoms with E-state index >= 15 is 0 Å². The van der Waals surface area contributed by atoms with E-state index in [9.17, 15) is 4.39 Å². The van der Waals surface area contributed by atoms with Crippen molar-refractivity contribution in [3.63, 3.8) is 0 Å². The summed E-state index contributed by atoms with van der Waals surface area (Å²) in [5, 5.41) is 0. The number of nitrogens with zero attached hydrogens (tertiary/aromatic N) is 1. The lowest BCUT2D eigenvalue weighted by atomic mass is 9.98. The third-order valence-electron chi connectivity index (χ3n) is 3.22. The second-order valence-electron chi connectivity index (χ2n) is 4.75. The number of rotatable bonds is 4. The van der Waals surface area contributed by atoms with Crippen molar-refractivity contribution in [3.8, 4) is 0 Å². The molecule has 0 aliphatic carbocycles. The van der Waals surface area contributed by atoms with Crippen molar-refractivity contribution in [2.75, 3.05) is 0 Å². The summed E-state index contributed by atoms with van der Waals surface area (Å²) in [6.07, 6.45) is 2.45. The lowest BCUT2D eigenvalue weighted by Gasteiger charge is -2.17. The van der Waals surface area contributed by atoms with Gasteiger partial charge in [0.1, 0.15) is 5.82 Å². The van der Waals surface area contributed by atoms with Gasteiger partial charge in [0, 0.05) is 6.20 Å². The smallest absolute Gasteiger partial charge is 0.123 e. The van der Waals surface area contributed by atoms with Crippen molar-refractivity contribution >= 4 is 0 Å². The van der Waals surface area contributed by atoms with Gasteiger partial charge >= 0.3 is 0 Å². The first kappa shape index (κ1) is 13.6. The Morgan fingerprint density at radius 2 is 2.05 bits per heavy atom. The number of nitrogens with one attached hydrogen (secondary N) is 1. The summed E-state index contributed by atoms with van der Waals surface area (Å²) in [6.45, 7) is 3.91. The molecule has 4 heteroatoms. The molecule has 0 saturated heterocycles. The third kappa shape index (κ3) is 3.36. The molecule has 2 aromatic rings. The van der Waals surface area contributed by atoms with Crippen LogP contribution in [0.5, 0.6) is 0 Å². The van der Waals surface area contributed by atoms with Gasteiger partial charge in [-0.2, -0.15) is 0 Å². The van der Waals surface area contributed by atoms with Gasteiger partial charge in [0.2, 0.25) is 0 Å². The summed E-state index contributed by atoms with van der Waals surface area (Å²) in [7, 11) is 0. The molecule has 0 amide bonds. The zero-order valence-electron chi connectivity index (χ0n) is 11.2. The fourth-order valence-corrected chi connectivity index (χ4v) is 2.11. The van der Waals surface area contributed by atoms with Crippen LogP contribution < -0.4 is 11.3 Å². The molecule has 1 aromatic heterocycles. The average molecular weight is 259 g/mol. The minimum Gasteiger partial charge on any atom is -0.271 e. The van der Waals surface area contributed by atoms with Crippen LogP contribution in [0.1, 0.15) is 28.4 Å². The predicted molar refractivity (Wildman–Crippen MR) is 73.9 cm³/mol. The molecule has 1 aromatic carbocycles. The Balaban J connectivity index is 2.24. The molecule has 0 radical (unpaired) electrons. The second-order valence-corrected chi connectivity index (χ2v) is 4.75. The number of aryl methyl sites for hydroxylation is 2. The van der Waals surface area contributed by atoms with Crippen molar-refractivity contribution in [3.05, 3.63) is 64.7 Å². The van der Waals surface area contributed by atoms with E-state index < -0.39 is 0 Å². The zero-order chi connectivity index (χ0) is 13.8. The fourth-order valence-electron chi connectivity index (χ4n) is 2.11. The van der Waals surface area contributed by atoms with Crippen LogP contribution >= 0.6 is 0 Å². The number of nitrogens with two attached hydrogens (primary N) is 1. The number of halogens is 1. The molecule has 1 atom stereocenters. The van der Waals surface area contributed by atoms with E-state index in [-0.39, 0.29) is 11.9 Å². The highest BCUT2D eigenvalue weighted by molar-refractivity contribution is 5.29. The van der Waals surface area contributed by atoms with Gasteiger partial charge in [-0.25, -0.2) is 4.39 Å². The van der Waals surface area contributed by atoms with Gasteiger partial charge < -0.3 is 0 Å². The molecule has 2 rings (SSSR count). The Labute approximate surface area is 112 Å². The molecular formula is C15H18FN3.